The minimum atomic E-state index is 1.11. The van der Waals surface area contributed by atoms with Gasteiger partial charge in [0, 0.05) is 40.4 Å². The van der Waals surface area contributed by atoms with Crippen LogP contribution in [0.25, 0.3) is 66.3 Å². The van der Waals surface area contributed by atoms with Gasteiger partial charge in [0.1, 0.15) is 0 Å². The van der Waals surface area contributed by atoms with E-state index in [4.69, 9.17) is 0 Å². The molecule has 0 bridgehead atoms. The molecule has 0 saturated carbocycles. The molecule has 0 aliphatic carbocycles. The van der Waals surface area contributed by atoms with Crippen molar-refractivity contribution >= 4 is 38.9 Å². The van der Waals surface area contributed by atoms with Crippen LogP contribution in [0.3, 0.4) is 0 Å². The van der Waals surface area contributed by atoms with E-state index >= 15 is 0 Å². The molecule has 0 spiro atoms. The van der Waals surface area contributed by atoms with Crippen LogP contribution in [-0.4, -0.2) is 4.57 Å². The van der Waals surface area contributed by atoms with Crippen LogP contribution in [0.5, 0.6) is 0 Å². The van der Waals surface area contributed by atoms with Gasteiger partial charge in [0.25, 0.3) is 0 Å². The van der Waals surface area contributed by atoms with E-state index in [2.05, 4.69) is 217 Å². The molecule has 0 atom stereocenters. The number of aryl methyl sites for hydroxylation is 1. The van der Waals surface area contributed by atoms with Crippen LogP contribution in [0.2, 0.25) is 0 Å². The van der Waals surface area contributed by atoms with E-state index in [1.807, 2.05) is 0 Å². The van der Waals surface area contributed by atoms with E-state index in [1.165, 1.54) is 66.3 Å². The Hall–Kier alpha value is -6.64. The van der Waals surface area contributed by atoms with Crippen molar-refractivity contribution in [3.8, 4) is 44.5 Å². The van der Waals surface area contributed by atoms with E-state index in [9.17, 15) is 0 Å². The zero-order valence-electron chi connectivity index (χ0n) is 28.4. The second-order valence-electron chi connectivity index (χ2n) is 13.1. The molecule has 0 fully saturated rings. The van der Waals surface area contributed by atoms with Crippen LogP contribution >= 0.6 is 0 Å². The van der Waals surface area contributed by atoms with Crippen LogP contribution in [0.15, 0.2) is 200 Å². The molecule has 9 aromatic rings. The standard InChI is InChI=1S/C49H36N2/c1-50-48-32-25-42(41-19-17-38(18-20-41)35-11-5-2-6-12-35)33-47(48)46-31-30-45(34-49(46)50)51(43-26-21-39(22-27-43)36-13-7-3-8-14-36)44-28-23-40(24-29-44)37-15-9-4-10-16-37/h2-34H,1H3. The quantitative estimate of drug-likeness (QED) is 0.166. The van der Waals surface area contributed by atoms with Crippen molar-refractivity contribution in [2.24, 2.45) is 7.05 Å². The number of rotatable bonds is 7. The lowest BCUT2D eigenvalue weighted by Crippen LogP contribution is -2.10. The average Bonchev–Trinajstić information content (AvgIpc) is 3.49. The summed E-state index contributed by atoms with van der Waals surface area (Å²) >= 11 is 0. The van der Waals surface area contributed by atoms with Gasteiger partial charge in [0.2, 0.25) is 0 Å². The van der Waals surface area contributed by atoms with Crippen molar-refractivity contribution in [2.45, 2.75) is 0 Å². The average molecular weight is 653 g/mol. The van der Waals surface area contributed by atoms with Crippen molar-refractivity contribution in [1.29, 1.82) is 0 Å². The van der Waals surface area contributed by atoms with Gasteiger partial charge < -0.3 is 9.47 Å². The topological polar surface area (TPSA) is 8.17 Å². The third-order valence-corrected chi connectivity index (χ3v) is 10.0. The third kappa shape index (κ3) is 5.77. The maximum Gasteiger partial charge on any atom is 0.0509 e. The molecule has 1 heterocycles. The fraction of sp³-hybridized carbons (Fsp3) is 0.0204. The number of anilines is 3. The number of nitrogens with zero attached hydrogens (tertiary/aromatic N) is 2. The van der Waals surface area contributed by atoms with E-state index < -0.39 is 0 Å². The van der Waals surface area contributed by atoms with Crippen LogP contribution in [-0.2, 0) is 7.05 Å². The van der Waals surface area contributed by atoms with Crippen molar-refractivity contribution < 1.29 is 0 Å². The van der Waals surface area contributed by atoms with Crippen LogP contribution in [0, 0.1) is 0 Å². The molecule has 2 nitrogen and oxygen atoms in total. The zero-order valence-corrected chi connectivity index (χ0v) is 28.4. The predicted octanol–water partition coefficient (Wildman–Crippen LogP) is 13.5. The van der Waals surface area contributed by atoms with Gasteiger partial charge >= 0.3 is 0 Å². The Labute approximate surface area is 299 Å². The van der Waals surface area contributed by atoms with Gasteiger partial charge in [0.15, 0.2) is 0 Å². The summed E-state index contributed by atoms with van der Waals surface area (Å²) in [5.74, 6) is 0. The van der Waals surface area contributed by atoms with Crippen LogP contribution < -0.4 is 4.90 Å². The summed E-state index contributed by atoms with van der Waals surface area (Å²) in [6, 6.07) is 72.1. The smallest absolute Gasteiger partial charge is 0.0509 e. The van der Waals surface area contributed by atoms with Gasteiger partial charge in [-0.3, -0.25) is 0 Å². The first kappa shape index (κ1) is 30.4. The lowest BCUT2D eigenvalue weighted by Gasteiger charge is -2.26. The molecule has 51 heavy (non-hydrogen) atoms. The van der Waals surface area contributed by atoms with E-state index in [-0.39, 0.29) is 0 Å². The van der Waals surface area contributed by atoms with Gasteiger partial charge in [-0.15, -0.1) is 0 Å². The highest BCUT2D eigenvalue weighted by Gasteiger charge is 2.17. The summed E-state index contributed by atoms with van der Waals surface area (Å²) < 4.78 is 2.33. The Balaban J connectivity index is 1.12. The zero-order chi connectivity index (χ0) is 34.1. The molecular formula is C49H36N2. The first-order valence-electron chi connectivity index (χ1n) is 17.5. The Bertz CT molecular complexity index is 2500. The second-order valence-corrected chi connectivity index (χ2v) is 13.1. The fourth-order valence-corrected chi connectivity index (χ4v) is 7.32. The Morgan fingerprint density at radius 1 is 0.294 bits per heavy atom. The van der Waals surface area contributed by atoms with Crippen LogP contribution in [0.4, 0.5) is 17.1 Å². The van der Waals surface area contributed by atoms with E-state index in [0.717, 1.165) is 17.1 Å². The number of hydrogen-bond acceptors (Lipinski definition) is 1. The molecular weight excluding hydrogens is 617 g/mol. The summed E-state index contributed by atoms with van der Waals surface area (Å²) in [7, 11) is 2.18. The molecule has 0 amide bonds. The van der Waals surface area contributed by atoms with Gasteiger partial charge in [-0.2, -0.15) is 0 Å². The first-order valence-corrected chi connectivity index (χ1v) is 17.5. The SMILES string of the molecule is Cn1c2ccc(-c3ccc(-c4ccccc4)cc3)cc2c2ccc(N(c3ccc(-c4ccccc4)cc3)c3ccc(-c4ccccc4)cc3)cc21. The molecule has 0 aliphatic rings. The van der Waals surface area contributed by atoms with Gasteiger partial charge in [-0.1, -0.05) is 152 Å². The summed E-state index contributed by atoms with van der Waals surface area (Å²) in [6.07, 6.45) is 0. The number of fused-ring (bicyclic) bond motifs is 3. The molecule has 0 unspecified atom stereocenters. The van der Waals surface area contributed by atoms with E-state index in [1.54, 1.807) is 0 Å². The largest absolute Gasteiger partial charge is 0.344 e. The predicted molar refractivity (Wildman–Crippen MR) is 217 cm³/mol. The van der Waals surface area contributed by atoms with Crippen molar-refractivity contribution in [3.05, 3.63) is 200 Å². The highest BCUT2D eigenvalue weighted by molar-refractivity contribution is 6.10. The maximum absolute atomic E-state index is 2.36. The molecule has 1 aromatic heterocycles. The minimum Gasteiger partial charge on any atom is -0.344 e. The lowest BCUT2D eigenvalue weighted by atomic mass is 9.99. The van der Waals surface area contributed by atoms with Crippen molar-refractivity contribution in [3.63, 3.8) is 0 Å². The highest BCUT2D eigenvalue weighted by atomic mass is 15.1. The fourth-order valence-electron chi connectivity index (χ4n) is 7.32. The molecule has 2 heteroatoms. The summed E-state index contributed by atoms with van der Waals surface area (Å²) in [5, 5.41) is 2.51. The molecule has 0 saturated heterocycles. The maximum atomic E-state index is 2.36. The Morgan fingerprint density at radius 3 is 1.14 bits per heavy atom. The van der Waals surface area contributed by atoms with Gasteiger partial charge in [0.05, 0.1) is 5.52 Å². The van der Waals surface area contributed by atoms with Crippen molar-refractivity contribution in [1.82, 2.24) is 4.57 Å². The Morgan fingerprint density at radius 2 is 0.667 bits per heavy atom. The summed E-state index contributed by atoms with van der Waals surface area (Å²) in [5.41, 5.74) is 15.5. The second kappa shape index (κ2) is 13.0. The molecule has 0 N–H and O–H groups in total. The molecule has 242 valence electrons. The van der Waals surface area contributed by atoms with Crippen LogP contribution in [0.1, 0.15) is 0 Å². The van der Waals surface area contributed by atoms with Gasteiger partial charge in [-0.05, 0) is 93.0 Å². The molecule has 0 radical (unpaired) electrons. The number of benzene rings is 8. The molecule has 9 rings (SSSR count). The van der Waals surface area contributed by atoms with Crippen molar-refractivity contribution in [2.75, 3.05) is 4.90 Å². The highest BCUT2D eigenvalue weighted by Crippen LogP contribution is 2.40. The normalized spacial score (nSPS) is 11.2. The third-order valence-electron chi connectivity index (χ3n) is 10.0. The first-order chi connectivity index (χ1) is 25.2. The number of aromatic nitrogens is 1. The monoisotopic (exact) mass is 652 g/mol. The lowest BCUT2D eigenvalue weighted by molar-refractivity contribution is 1.01. The molecule has 8 aromatic carbocycles. The summed E-state index contributed by atoms with van der Waals surface area (Å²) in [6.45, 7) is 0. The van der Waals surface area contributed by atoms with E-state index in [0.29, 0.717) is 0 Å². The van der Waals surface area contributed by atoms with Gasteiger partial charge in [-0.25, -0.2) is 0 Å². The minimum absolute atomic E-state index is 1.11. The Kier molecular flexibility index (Phi) is 7.75. The molecule has 0 aliphatic heterocycles. The summed E-state index contributed by atoms with van der Waals surface area (Å²) in [4.78, 5) is 2.36. The number of hydrogen-bond donors (Lipinski definition) is 0.